The zero-order valence-electron chi connectivity index (χ0n) is 18.0. The van der Waals surface area contributed by atoms with Crippen LogP contribution in [0.5, 0.6) is 11.5 Å². The van der Waals surface area contributed by atoms with Gasteiger partial charge < -0.3 is 19.5 Å². The van der Waals surface area contributed by atoms with Gasteiger partial charge in [0.25, 0.3) is 10.0 Å². The smallest absolute Gasteiger partial charge is 0.333 e. The number of hydrogen-bond acceptors (Lipinski definition) is 7. The Morgan fingerprint density at radius 3 is 2.24 bits per heavy atom. The van der Waals surface area contributed by atoms with Crippen LogP contribution in [0.4, 0.5) is 13.6 Å². The zero-order chi connectivity index (χ0) is 24.6. The molecule has 0 aromatic heterocycles. The molecule has 0 heterocycles. The van der Waals surface area contributed by atoms with Crippen molar-refractivity contribution in [1.29, 1.82) is 0 Å². The number of halogens is 2. The largest absolute Gasteiger partial charge is 0.466 e. The van der Waals surface area contributed by atoms with E-state index in [1.54, 1.807) is 11.6 Å². The fourth-order valence-corrected chi connectivity index (χ4v) is 3.40. The van der Waals surface area contributed by atoms with E-state index in [2.05, 4.69) is 10.1 Å². The van der Waals surface area contributed by atoms with E-state index < -0.39 is 39.4 Å². The van der Waals surface area contributed by atoms with Gasteiger partial charge in [0.15, 0.2) is 17.4 Å². The van der Waals surface area contributed by atoms with Crippen LogP contribution in [0.1, 0.15) is 19.4 Å². The van der Waals surface area contributed by atoms with Gasteiger partial charge in [-0.15, -0.1) is 0 Å². The summed E-state index contributed by atoms with van der Waals surface area (Å²) in [4.78, 5) is 22.8. The van der Waals surface area contributed by atoms with Crippen LogP contribution in [-0.2, 0) is 24.3 Å². The molecule has 12 heteroatoms. The van der Waals surface area contributed by atoms with Gasteiger partial charge in [-0.1, -0.05) is 0 Å². The number of rotatable bonds is 9. The summed E-state index contributed by atoms with van der Waals surface area (Å²) < 4.78 is 69.7. The van der Waals surface area contributed by atoms with Crippen LogP contribution in [0.2, 0.25) is 0 Å². The molecular formula is C21H22F2N2O7S. The first kappa shape index (κ1) is 25.7. The first-order chi connectivity index (χ1) is 15.6. The fourth-order valence-electron chi connectivity index (χ4n) is 2.47. The summed E-state index contributed by atoms with van der Waals surface area (Å²) in [6.07, 6.45) is 1.25. The molecule has 0 aliphatic heterocycles. The van der Waals surface area contributed by atoms with E-state index in [-0.39, 0.29) is 28.5 Å². The van der Waals surface area contributed by atoms with Crippen LogP contribution >= 0.6 is 0 Å². The van der Waals surface area contributed by atoms with Gasteiger partial charge in [-0.2, -0.15) is 0 Å². The standard InChI is InChI=1S/C21H22F2N2O7S/c1-4-31-12-24-21(27)25-33(28,29)16-7-5-15(6-8-16)32-19-17(22)10-14(11-18(19)23)9-13(2)20(26)30-3/h5-11H,4,12H2,1-3H3,(H2,24,25,27)/b13-9+. The molecule has 0 spiro atoms. The number of carbonyl (C=O) groups excluding carboxylic acids is 2. The third-order valence-corrected chi connectivity index (χ3v) is 5.38. The molecule has 0 fully saturated rings. The molecule has 2 rings (SSSR count). The Balaban J connectivity index is 2.15. The van der Waals surface area contributed by atoms with E-state index in [9.17, 15) is 26.8 Å². The summed E-state index contributed by atoms with van der Waals surface area (Å²) in [7, 11) is -3.01. The average Bonchev–Trinajstić information content (AvgIpc) is 2.75. The number of urea groups is 1. The van der Waals surface area contributed by atoms with Crippen molar-refractivity contribution in [3.63, 3.8) is 0 Å². The number of ether oxygens (including phenoxy) is 3. The Kier molecular flexibility index (Phi) is 8.88. The van der Waals surface area contributed by atoms with E-state index in [1.165, 1.54) is 32.2 Å². The van der Waals surface area contributed by atoms with Crippen molar-refractivity contribution in [2.45, 2.75) is 18.7 Å². The Bertz CT molecular complexity index is 1130. The van der Waals surface area contributed by atoms with E-state index in [0.717, 1.165) is 24.3 Å². The summed E-state index contributed by atoms with van der Waals surface area (Å²) in [6.45, 7) is 3.30. The lowest BCUT2D eigenvalue weighted by atomic mass is 10.1. The monoisotopic (exact) mass is 484 g/mol. The first-order valence-electron chi connectivity index (χ1n) is 9.49. The predicted molar refractivity (Wildman–Crippen MR) is 114 cm³/mol. The molecule has 0 atom stereocenters. The van der Waals surface area contributed by atoms with Gasteiger partial charge >= 0.3 is 12.0 Å². The molecule has 0 radical (unpaired) electrons. The van der Waals surface area contributed by atoms with Gasteiger partial charge in [0, 0.05) is 12.2 Å². The number of methoxy groups -OCH3 is 1. The number of sulfonamides is 1. The van der Waals surface area contributed by atoms with Gasteiger partial charge in [0.05, 0.1) is 12.0 Å². The maximum Gasteiger partial charge on any atom is 0.333 e. The number of carbonyl (C=O) groups is 2. The second kappa shape index (κ2) is 11.4. The highest BCUT2D eigenvalue weighted by atomic mass is 32.2. The molecule has 2 amide bonds. The van der Waals surface area contributed by atoms with Crippen LogP contribution in [0.15, 0.2) is 46.9 Å². The average molecular weight is 484 g/mol. The zero-order valence-corrected chi connectivity index (χ0v) is 18.8. The van der Waals surface area contributed by atoms with Crippen molar-refractivity contribution in [1.82, 2.24) is 10.0 Å². The molecule has 0 aliphatic carbocycles. The minimum atomic E-state index is -4.19. The van der Waals surface area contributed by atoms with Crippen molar-refractivity contribution in [2.24, 2.45) is 0 Å². The summed E-state index contributed by atoms with van der Waals surface area (Å²) in [5, 5.41) is 2.20. The van der Waals surface area contributed by atoms with Crippen molar-refractivity contribution < 1.29 is 41.0 Å². The summed E-state index contributed by atoms with van der Waals surface area (Å²) in [6, 6.07) is 5.48. The lowest BCUT2D eigenvalue weighted by molar-refractivity contribution is -0.135. The predicted octanol–water partition coefficient (Wildman–Crippen LogP) is 3.32. The Hall–Kier alpha value is -3.51. The van der Waals surface area contributed by atoms with E-state index >= 15 is 0 Å². The second-order valence-corrected chi connectivity index (χ2v) is 8.14. The maximum absolute atomic E-state index is 14.4. The molecule has 9 nitrogen and oxygen atoms in total. The van der Waals surface area contributed by atoms with Crippen LogP contribution < -0.4 is 14.8 Å². The van der Waals surface area contributed by atoms with Gasteiger partial charge in [0.2, 0.25) is 0 Å². The number of benzene rings is 2. The normalized spacial score (nSPS) is 11.6. The summed E-state index contributed by atoms with van der Waals surface area (Å²) in [5.41, 5.74) is 0.220. The third-order valence-electron chi connectivity index (χ3n) is 4.03. The van der Waals surface area contributed by atoms with Crippen LogP contribution in [0, 0.1) is 11.6 Å². The molecule has 2 aromatic carbocycles. The van der Waals surface area contributed by atoms with Crippen molar-refractivity contribution in [3.05, 3.63) is 59.2 Å². The van der Waals surface area contributed by atoms with Gasteiger partial charge in [-0.3, -0.25) is 0 Å². The first-order valence-corrected chi connectivity index (χ1v) is 11.0. The number of hydrogen-bond donors (Lipinski definition) is 2. The highest BCUT2D eigenvalue weighted by Gasteiger charge is 2.19. The van der Waals surface area contributed by atoms with E-state index in [0.29, 0.717) is 6.61 Å². The molecular weight excluding hydrogens is 462 g/mol. The molecule has 33 heavy (non-hydrogen) atoms. The molecule has 0 saturated heterocycles. The quantitative estimate of drug-likeness (QED) is 0.242. The van der Waals surface area contributed by atoms with E-state index in [1.807, 2.05) is 0 Å². The molecule has 0 bridgehead atoms. The van der Waals surface area contributed by atoms with Gasteiger partial charge in [0.1, 0.15) is 12.5 Å². The maximum atomic E-state index is 14.4. The molecule has 0 saturated carbocycles. The SMILES string of the molecule is CCOCNC(=O)NS(=O)(=O)c1ccc(Oc2c(F)cc(/C=C(\C)C(=O)OC)cc2F)cc1. The Morgan fingerprint density at radius 2 is 1.70 bits per heavy atom. The van der Waals surface area contributed by atoms with Gasteiger partial charge in [-0.05, 0) is 61.9 Å². The molecule has 0 unspecified atom stereocenters. The Labute approximate surface area is 189 Å². The van der Waals surface area contributed by atoms with Crippen LogP contribution in [0.25, 0.3) is 6.08 Å². The lowest BCUT2D eigenvalue weighted by Gasteiger charge is -2.11. The van der Waals surface area contributed by atoms with Crippen LogP contribution in [0.3, 0.4) is 0 Å². The fraction of sp³-hybridized carbons (Fsp3) is 0.238. The van der Waals surface area contributed by atoms with Crippen molar-refractivity contribution in [3.8, 4) is 11.5 Å². The second-order valence-electron chi connectivity index (χ2n) is 6.45. The summed E-state index contributed by atoms with van der Waals surface area (Å²) in [5.74, 6) is -3.49. The highest BCUT2D eigenvalue weighted by Crippen LogP contribution is 2.30. The molecule has 0 aliphatic rings. The highest BCUT2D eigenvalue weighted by molar-refractivity contribution is 7.90. The third kappa shape index (κ3) is 7.26. The van der Waals surface area contributed by atoms with Crippen LogP contribution in [-0.4, -0.2) is 40.9 Å². The lowest BCUT2D eigenvalue weighted by Crippen LogP contribution is -2.40. The molecule has 2 aromatic rings. The Morgan fingerprint density at radius 1 is 1.09 bits per heavy atom. The number of amides is 2. The van der Waals surface area contributed by atoms with E-state index in [4.69, 9.17) is 9.47 Å². The number of esters is 1. The van der Waals surface area contributed by atoms with Crippen molar-refractivity contribution in [2.75, 3.05) is 20.4 Å². The van der Waals surface area contributed by atoms with Gasteiger partial charge in [-0.25, -0.2) is 31.5 Å². The minimum absolute atomic E-state index is 0.0541. The molecule has 178 valence electrons. The minimum Gasteiger partial charge on any atom is -0.466 e. The van der Waals surface area contributed by atoms with Crippen molar-refractivity contribution >= 4 is 28.1 Å². The topological polar surface area (TPSA) is 120 Å². The number of nitrogens with one attached hydrogen (secondary N) is 2. The molecule has 2 N–H and O–H groups in total. The summed E-state index contributed by atoms with van der Waals surface area (Å²) >= 11 is 0.